The first-order chi connectivity index (χ1) is 61.3. The molecule has 0 radical (unpaired) electrons. The van der Waals surface area contributed by atoms with E-state index in [9.17, 15) is 111 Å². The summed E-state index contributed by atoms with van der Waals surface area (Å²) in [5, 5.41) is 69.9. The number of aliphatic hydroxyl groups is 6. The minimum absolute atomic E-state index is 0.0277. The third-order valence-corrected chi connectivity index (χ3v) is 26.2. The van der Waals surface area contributed by atoms with Crippen molar-refractivity contribution in [2.75, 3.05) is 68.3 Å². The summed E-state index contributed by atoms with van der Waals surface area (Å²) in [4.78, 5) is 181. The smallest absolute Gasteiger partial charge is 0.387 e. The van der Waals surface area contributed by atoms with Crippen LogP contribution in [-0.4, -0.2) is 305 Å². The van der Waals surface area contributed by atoms with Crippen LogP contribution in [0.3, 0.4) is 0 Å². The maximum absolute atomic E-state index is 14.6. The summed E-state index contributed by atoms with van der Waals surface area (Å²) in [6.45, 7) is -6.34. The zero-order valence-corrected chi connectivity index (χ0v) is 70.8. The van der Waals surface area contributed by atoms with Crippen molar-refractivity contribution in [1.29, 1.82) is 0 Å². The van der Waals surface area contributed by atoms with Gasteiger partial charge in [0.2, 0.25) is 5.95 Å². The summed E-state index contributed by atoms with van der Waals surface area (Å²) in [6.07, 6.45) is -37.8. The predicted octanol–water partition coefficient (Wildman–Crippen LogP) is -6.77. The highest BCUT2D eigenvalue weighted by Crippen LogP contribution is 2.57. The maximum Gasteiger partial charge on any atom is 0.472 e. The van der Waals surface area contributed by atoms with E-state index >= 15 is 0 Å². The molecule has 6 aliphatic heterocycles. The molecule has 0 bridgehead atoms. The Labute approximate surface area is 718 Å². The second kappa shape index (κ2) is 36.3. The first-order valence-electron chi connectivity index (χ1n) is 37.5. The van der Waals surface area contributed by atoms with Crippen molar-refractivity contribution in [3.05, 3.63) is 110 Å². The molecule has 6 saturated heterocycles. The van der Waals surface area contributed by atoms with Crippen molar-refractivity contribution in [1.82, 2.24) is 97.2 Å². The molecule has 5 unspecified atom stereocenters. The zero-order valence-electron chi connectivity index (χ0n) is 65.5. The number of aromatic amines is 2. The van der Waals surface area contributed by atoms with E-state index in [1.807, 2.05) is 4.98 Å². The summed E-state index contributed by atoms with van der Waals surface area (Å²) in [5.41, 5.74) is 24.1. The van der Waals surface area contributed by atoms with Gasteiger partial charge in [0.05, 0.1) is 65.0 Å². The monoisotopic (exact) mass is 1960 g/mol. The van der Waals surface area contributed by atoms with Gasteiger partial charge in [-0.3, -0.25) is 96.7 Å². The van der Waals surface area contributed by atoms with Gasteiger partial charge in [0.1, 0.15) is 151 Å². The van der Waals surface area contributed by atoms with Crippen molar-refractivity contribution < 1.29 is 170 Å². The standard InChI is InChI=1S/C59H75N25O40P6/c1-19-5-80(59(94)78-50(19)91)28-4-20(120-126(98,99)110-7-22-33(85)34(86)52(115-22)81-15-71-29-43(61)65-12-68-46(29)81)21(114-28)6-109-127(100,101)123-41-25(118-55(37(41)89)83-17-73-31-45(63)67-14-70-48(31)83)10-112-129(104,105)122-40-24(116-53(35(40)87)79-3-2-27(60)75-58(79)93)9-111-130(106,107)124-42-26(119-56(38(42)90)84-18-74-32-49(84)76-57(64)77-51(32)92)11-113-128(102,103)121-39-23(8-108-125(95,96)97)117-54(36(39)88)82-16-72-30-44(62)66-13-69-47(30)82/h2-3,5,12-18,20-26,28,33-42,52-56,85-90H,4,6-11H2,1H3,(H,98,99)(H,100,101)(H,102,103)(H,104,105)(H,106,107)(H2,60,75,93)(H2,61,65,68)(H2,62,66,69)(H2,63,67,70)(H,78,91,94)(H2,95,96,97)(H3,64,76,77,92)/t20-,21+,22+,23+,24+,25+,26+,28+,33+,34+,35+,36+,37+,38+,39+,40+,41+,42+,52+,53+,54+,55+,56+/m0/s1. The van der Waals surface area contributed by atoms with E-state index in [4.69, 9.17) is 102 Å². The molecule has 16 rings (SSSR count). The average Bonchev–Trinajstić information content (AvgIpc) is 1.60. The Balaban J connectivity index is 0.625. The second-order valence-electron chi connectivity index (χ2n) is 29.2. The number of aliphatic hydroxyl groups excluding tert-OH is 6. The molecule has 0 aromatic carbocycles. The third-order valence-electron chi connectivity index (χ3n) is 20.8. The number of nitrogen functional groups attached to an aromatic ring is 5. The van der Waals surface area contributed by atoms with Gasteiger partial charge in [-0.2, -0.15) is 9.97 Å². The highest BCUT2D eigenvalue weighted by atomic mass is 31.2. The number of hydrogen-bond donors (Lipinski definition) is 20. The molecule has 71 heteroatoms. The number of fused-ring (bicyclic) bond motifs is 4. The number of aryl methyl sites for hydroxylation is 1. The van der Waals surface area contributed by atoms with Crippen LogP contribution in [0.1, 0.15) is 49.4 Å². The van der Waals surface area contributed by atoms with Crippen LogP contribution in [-0.2, 0) is 106 Å². The molecule has 6 aliphatic rings. The fraction of sp³-hybridized carbons (Fsp3) is 0.525. The number of rotatable bonds is 34. The lowest BCUT2D eigenvalue weighted by Gasteiger charge is -2.27. The molecule has 10 aromatic heterocycles. The summed E-state index contributed by atoms with van der Waals surface area (Å²) >= 11 is 0. The number of phosphoric ester groups is 6. The van der Waals surface area contributed by atoms with Crippen LogP contribution in [0.15, 0.2) is 81.9 Å². The molecule has 16 heterocycles. The number of nitrogens with zero attached hydrogens (tertiary/aromatic N) is 18. The van der Waals surface area contributed by atoms with E-state index in [0.717, 1.165) is 74.7 Å². The maximum atomic E-state index is 14.6. The van der Waals surface area contributed by atoms with Crippen molar-refractivity contribution in [2.45, 2.75) is 154 Å². The Morgan fingerprint density at radius 2 is 0.762 bits per heavy atom. The van der Waals surface area contributed by atoms with Crippen molar-refractivity contribution in [3.8, 4) is 0 Å². The fourth-order valence-electron chi connectivity index (χ4n) is 14.7. The van der Waals surface area contributed by atoms with Gasteiger partial charge in [0, 0.05) is 24.4 Å². The van der Waals surface area contributed by atoms with Crippen molar-refractivity contribution in [3.63, 3.8) is 0 Å². The number of anilines is 5. The van der Waals surface area contributed by atoms with Gasteiger partial charge in [-0.1, -0.05) is 0 Å². The van der Waals surface area contributed by atoms with E-state index in [0.29, 0.717) is 4.57 Å². The van der Waals surface area contributed by atoms with Gasteiger partial charge < -0.3 is 122 Å². The summed E-state index contributed by atoms with van der Waals surface area (Å²) in [6, 6.07) is 1.02. The number of ether oxygens (including phenoxy) is 6. The summed E-state index contributed by atoms with van der Waals surface area (Å²) in [7, 11) is -34.5. The molecule has 0 saturated carbocycles. The minimum Gasteiger partial charge on any atom is -0.387 e. The lowest BCUT2D eigenvalue weighted by molar-refractivity contribution is -0.0654. The Kier molecular flexibility index (Phi) is 26.2. The van der Waals surface area contributed by atoms with Gasteiger partial charge in [-0.05, 0) is 13.0 Å². The first-order valence-corrected chi connectivity index (χ1v) is 46.5. The fourth-order valence-corrected chi connectivity index (χ4v) is 19.9. The van der Waals surface area contributed by atoms with Crippen LogP contribution < -0.4 is 51.2 Å². The van der Waals surface area contributed by atoms with Crippen LogP contribution >= 0.6 is 46.9 Å². The summed E-state index contributed by atoms with van der Waals surface area (Å²) in [5.74, 6) is -1.32. The lowest BCUT2D eigenvalue weighted by Crippen LogP contribution is -2.39. The molecule has 0 aliphatic carbocycles. The number of aromatic nitrogens is 20. The molecule has 0 spiro atoms. The van der Waals surface area contributed by atoms with Gasteiger partial charge in [0.15, 0.2) is 76.7 Å². The van der Waals surface area contributed by atoms with E-state index in [-0.39, 0.29) is 62.3 Å². The minimum atomic E-state index is -6.01. The summed E-state index contributed by atoms with van der Waals surface area (Å²) < 4.78 is 183. The number of imidazole rings is 4. The van der Waals surface area contributed by atoms with E-state index in [1.54, 1.807) is 0 Å². The molecular formula is C59H75N25O40P6. The highest BCUT2D eigenvalue weighted by Gasteiger charge is 2.58. The number of phosphoric acid groups is 6. The van der Waals surface area contributed by atoms with Gasteiger partial charge in [-0.25, -0.2) is 86.8 Å². The first kappa shape index (κ1) is 94.0. The molecular weight excluding hydrogens is 1880 g/mol. The number of hydrogen-bond acceptors (Lipinski definition) is 50. The Morgan fingerprint density at radius 1 is 0.400 bits per heavy atom. The predicted molar refractivity (Wildman–Crippen MR) is 416 cm³/mol. The SMILES string of the molecule is Cc1cn([C@H]2C[C@H](OP(=O)(O)OC[C@H]3O[C@@H](n4cnc5c(N)ncnc54)[C@H](O)[C@@H]3O)[C@@H](COP(=O)(O)O[C@H]3[C@@H](O)[C@H](n4cnc5c(N)ncnc54)O[C@@H]3COP(=O)(O)O[C@H]3[C@@H](O)[C@H](n4ccc(N)nc4=O)O[C@@H]3COP(=O)(O)O[C@H]3[C@@H](O)[C@H](n4cnc5c(=O)[nH]c(N)nc54)O[C@@H]3COP(=O)(O)O[C@H]3[C@@H](O)[C@H](n4cnc5c(N)ncnc54)O[C@@H]3COP(=O)(O)O)O2)c(=O)[nH]c1=O. The lowest BCUT2D eigenvalue weighted by atomic mass is 10.1. The number of nitrogens with two attached hydrogens (primary N) is 5. The topological polar surface area (TPSA) is 937 Å². The Bertz CT molecular complexity index is 6500. The van der Waals surface area contributed by atoms with Crippen molar-refractivity contribution in [2.24, 2.45) is 0 Å². The van der Waals surface area contributed by atoms with E-state index in [1.165, 1.54) is 17.8 Å². The van der Waals surface area contributed by atoms with E-state index < -0.39 is 274 Å². The van der Waals surface area contributed by atoms with Gasteiger partial charge >= 0.3 is 58.3 Å². The number of nitrogens with one attached hydrogen (secondary N) is 2. The Hall–Kier alpha value is -9.26. The molecule has 10 aromatic rings. The molecule has 65 nitrogen and oxygen atoms in total. The van der Waals surface area contributed by atoms with Crippen LogP contribution in [0.4, 0.5) is 29.2 Å². The molecule has 706 valence electrons. The zero-order chi connectivity index (χ0) is 93.1. The van der Waals surface area contributed by atoms with Gasteiger partial charge in [-0.15, -0.1) is 0 Å². The Morgan fingerprint density at radius 3 is 1.18 bits per heavy atom. The van der Waals surface area contributed by atoms with Gasteiger partial charge in [0.25, 0.3) is 11.1 Å². The van der Waals surface area contributed by atoms with Crippen LogP contribution in [0.25, 0.3) is 44.7 Å². The molecule has 130 heavy (non-hydrogen) atoms. The largest absolute Gasteiger partial charge is 0.472 e. The van der Waals surface area contributed by atoms with Crippen LogP contribution in [0, 0.1) is 6.92 Å². The van der Waals surface area contributed by atoms with Crippen LogP contribution in [0.5, 0.6) is 0 Å². The van der Waals surface area contributed by atoms with Crippen molar-refractivity contribution >= 4 is 121 Å². The molecule has 25 N–H and O–H groups in total. The van der Waals surface area contributed by atoms with E-state index in [2.05, 4.69) is 69.3 Å². The molecule has 28 atom stereocenters. The number of H-pyrrole nitrogens is 2. The molecule has 6 fully saturated rings. The normalized spacial score (nSPS) is 31.4. The highest BCUT2D eigenvalue weighted by molar-refractivity contribution is 7.48. The third kappa shape index (κ3) is 19.5. The van der Waals surface area contributed by atoms with Crippen LogP contribution in [0.2, 0.25) is 0 Å². The quantitative estimate of drug-likeness (QED) is 0.0167. The second-order valence-corrected chi connectivity index (χ2v) is 37.5. The average molecular weight is 1960 g/mol. The molecule has 0 amide bonds.